The Labute approximate surface area is 113 Å². The molecule has 0 bridgehead atoms. The summed E-state index contributed by atoms with van der Waals surface area (Å²) in [6.07, 6.45) is 3.96. The van der Waals surface area contributed by atoms with Crippen LogP contribution < -0.4 is 11.1 Å². The van der Waals surface area contributed by atoms with Crippen LogP contribution >= 0.6 is 11.3 Å². The number of nitrogens with one attached hydrogen (secondary N) is 1. The number of anilines is 1. The maximum absolute atomic E-state index is 11.2. The Hall–Kier alpha value is -2.18. The average molecular weight is 272 g/mol. The fourth-order valence-electron chi connectivity index (χ4n) is 1.80. The number of thiazole rings is 1. The van der Waals surface area contributed by atoms with Crippen LogP contribution in [0.15, 0.2) is 42.0 Å². The van der Waals surface area contributed by atoms with Crippen LogP contribution in [0.1, 0.15) is 0 Å². The van der Waals surface area contributed by atoms with Gasteiger partial charge in [0.05, 0.1) is 12.2 Å². The maximum atomic E-state index is 11.2. The number of hydrogen-bond donors (Lipinski definition) is 2. The molecule has 2 aromatic heterocycles. The molecule has 0 aliphatic carbocycles. The second-order valence-corrected chi connectivity index (χ2v) is 4.92. The van der Waals surface area contributed by atoms with Crippen molar-refractivity contribution in [3.63, 3.8) is 0 Å². The molecule has 6 heteroatoms. The highest BCUT2D eigenvalue weighted by atomic mass is 32.1. The van der Waals surface area contributed by atoms with Crippen molar-refractivity contribution in [1.82, 2.24) is 9.38 Å². The van der Waals surface area contributed by atoms with Gasteiger partial charge < -0.3 is 11.1 Å². The van der Waals surface area contributed by atoms with E-state index in [1.807, 2.05) is 46.4 Å². The number of hydrogen-bond acceptors (Lipinski definition) is 4. The largest absolute Gasteiger partial charge is 0.325 e. The van der Waals surface area contributed by atoms with Gasteiger partial charge in [0, 0.05) is 29.0 Å². The van der Waals surface area contributed by atoms with Crippen molar-refractivity contribution in [3.05, 3.63) is 42.0 Å². The molecule has 19 heavy (non-hydrogen) atoms. The Morgan fingerprint density at radius 1 is 1.37 bits per heavy atom. The maximum Gasteiger partial charge on any atom is 0.238 e. The van der Waals surface area contributed by atoms with Gasteiger partial charge in [0.1, 0.15) is 0 Å². The van der Waals surface area contributed by atoms with Gasteiger partial charge in [-0.3, -0.25) is 9.20 Å². The molecule has 1 amide bonds. The number of nitrogens with two attached hydrogens (primary N) is 1. The Bertz CT molecular complexity index is 685. The minimum atomic E-state index is -0.199. The van der Waals surface area contributed by atoms with E-state index >= 15 is 0 Å². The highest BCUT2D eigenvalue weighted by Crippen LogP contribution is 2.22. The van der Waals surface area contributed by atoms with E-state index in [4.69, 9.17) is 5.73 Å². The van der Waals surface area contributed by atoms with Crippen LogP contribution in [0, 0.1) is 0 Å². The molecular formula is C13H12N4OS. The number of nitrogens with zero attached hydrogens (tertiary/aromatic N) is 2. The van der Waals surface area contributed by atoms with Crippen LogP contribution in [0.3, 0.4) is 0 Å². The Kier molecular flexibility index (Phi) is 3.02. The summed E-state index contributed by atoms with van der Waals surface area (Å²) < 4.78 is 1.99. The zero-order valence-electron chi connectivity index (χ0n) is 10.0. The van der Waals surface area contributed by atoms with Crippen molar-refractivity contribution in [2.45, 2.75) is 0 Å². The van der Waals surface area contributed by atoms with Gasteiger partial charge in [0.15, 0.2) is 4.96 Å². The lowest BCUT2D eigenvalue weighted by molar-refractivity contribution is -0.114. The highest BCUT2D eigenvalue weighted by molar-refractivity contribution is 7.15. The Morgan fingerprint density at radius 3 is 2.84 bits per heavy atom. The highest BCUT2D eigenvalue weighted by Gasteiger charge is 2.05. The number of rotatable bonds is 3. The van der Waals surface area contributed by atoms with E-state index < -0.39 is 0 Å². The predicted molar refractivity (Wildman–Crippen MR) is 76.2 cm³/mol. The number of benzene rings is 1. The van der Waals surface area contributed by atoms with Crippen molar-refractivity contribution in [1.29, 1.82) is 0 Å². The summed E-state index contributed by atoms with van der Waals surface area (Å²) in [4.78, 5) is 16.7. The zero-order chi connectivity index (χ0) is 13.2. The number of imidazole rings is 1. The number of aromatic nitrogens is 2. The quantitative estimate of drug-likeness (QED) is 0.765. The molecule has 3 N–H and O–H groups in total. The van der Waals surface area contributed by atoms with Crippen LogP contribution in [0.2, 0.25) is 0 Å². The predicted octanol–water partition coefficient (Wildman–Crippen LogP) is 1.96. The van der Waals surface area contributed by atoms with Crippen LogP contribution in [0.4, 0.5) is 5.69 Å². The van der Waals surface area contributed by atoms with E-state index in [-0.39, 0.29) is 12.5 Å². The van der Waals surface area contributed by atoms with E-state index in [1.165, 1.54) is 0 Å². The van der Waals surface area contributed by atoms with Crippen molar-refractivity contribution in [2.75, 3.05) is 11.9 Å². The zero-order valence-corrected chi connectivity index (χ0v) is 10.9. The van der Waals surface area contributed by atoms with E-state index in [1.54, 1.807) is 11.3 Å². The summed E-state index contributed by atoms with van der Waals surface area (Å²) in [5.74, 6) is -0.199. The molecule has 96 valence electrons. The molecule has 0 unspecified atom stereocenters. The fraction of sp³-hybridized carbons (Fsp3) is 0.0769. The van der Waals surface area contributed by atoms with Gasteiger partial charge in [-0.2, -0.15) is 0 Å². The SMILES string of the molecule is NCC(=O)Nc1ccc(-c2cn3ccsc3n2)cc1. The van der Waals surface area contributed by atoms with E-state index in [9.17, 15) is 4.79 Å². The first-order valence-electron chi connectivity index (χ1n) is 5.79. The van der Waals surface area contributed by atoms with E-state index in [2.05, 4.69) is 10.3 Å². The van der Waals surface area contributed by atoms with E-state index in [0.29, 0.717) is 0 Å². The van der Waals surface area contributed by atoms with Crippen molar-refractivity contribution >= 4 is 27.9 Å². The van der Waals surface area contributed by atoms with Crippen molar-refractivity contribution in [2.24, 2.45) is 5.73 Å². The van der Waals surface area contributed by atoms with Gasteiger partial charge in [-0.25, -0.2) is 4.98 Å². The topological polar surface area (TPSA) is 72.4 Å². The number of fused-ring (bicyclic) bond motifs is 1. The molecule has 0 fully saturated rings. The standard InChI is InChI=1S/C13H12N4OS/c14-7-12(18)15-10-3-1-9(2-4-10)11-8-17-5-6-19-13(17)16-11/h1-6,8H,7,14H2,(H,15,18). The van der Waals surface area contributed by atoms with Gasteiger partial charge in [-0.15, -0.1) is 11.3 Å². The lowest BCUT2D eigenvalue weighted by Gasteiger charge is -2.03. The number of carbonyl (C=O) groups is 1. The third-order valence-electron chi connectivity index (χ3n) is 2.74. The smallest absolute Gasteiger partial charge is 0.238 e. The van der Waals surface area contributed by atoms with Crippen molar-refractivity contribution in [3.8, 4) is 11.3 Å². The lowest BCUT2D eigenvalue weighted by atomic mass is 10.1. The molecule has 3 aromatic rings. The molecule has 0 saturated carbocycles. The minimum Gasteiger partial charge on any atom is -0.325 e. The van der Waals surface area contributed by atoms with Crippen molar-refractivity contribution < 1.29 is 4.79 Å². The molecule has 3 rings (SSSR count). The van der Waals surface area contributed by atoms with Crippen LogP contribution in [0.25, 0.3) is 16.2 Å². The third kappa shape index (κ3) is 2.35. The molecule has 0 radical (unpaired) electrons. The number of carbonyl (C=O) groups excluding carboxylic acids is 1. The summed E-state index contributed by atoms with van der Waals surface area (Å²) >= 11 is 1.60. The van der Waals surface area contributed by atoms with Gasteiger partial charge in [-0.05, 0) is 12.1 Å². The molecular weight excluding hydrogens is 260 g/mol. The molecule has 0 atom stereocenters. The molecule has 5 nitrogen and oxygen atoms in total. The first-order chi connectivity index (χ1) is 9.26. The molecule has 0 aliphatic rings. The summed E-state index contributed by atoms with van der Waals surface area (Å²) in [5.41, 5.74) is 7.92. The Morgan fingerprint density at radius 2 is 2.16 bits per heavy atom. The van der Waals surface area contributed by atoms with Gasteiger partial charge >= 0.3 is 0 Å². The third-order valence-corrected chi connectivity index (χ3v) is 3.51. The monoisotopic (exact) mass is 272 g/mol. The second-order valence-electron chi connectivity index (χ2n) is 4.05. The summed E-state index contributed by atoms with van der Waals surface area (Å²) in [7, 11) is 0. The van der Waals surface area contributed by atoms with Crippen LogP contribution in [-0.4, -0.2) is 21.8 Å². The second kappa shape index (κ2) is 4.83. The molecule has 0 spiro atoms. The fourth-order valence-corrected chi connectivity index (χ4v) is 2.50. The first kappa shape index (κ1) is 11.9. The molecule has 1 aromatic carbocycles. The lowest BCUT2D eigenvalue weighted by Crippen LogP contribution is -2.21. The van der Waals surface area contributed by atoms with Crippen LogP contribution in [-0.2, 0) is 4.79 Å². The summed E-state index contributed by atoms with van der Waals surface area (Å²) in [6.45, 7) is -0.0148. The number of amides is 1. The summed E-state index contributed by atoms with van der Waals surface area (Å²) in [6, 6.07) is 7.55. The van der Waals surface area contributed by atoms with Gasteiger partial charge in [0.2, 0.25) is 5.91 Å². The summed E-state index contributed by atoms with van der Waals surface area (Å²) in [5, 5.41) is 4.70. The van der Waals surface area contributed by atoms with Crippen LogP contribution in [0.5, 0.6) is 0 Å². The minimum absolute atomic E-state index is 0.0148. The van der Waals surface area contributed by atoms with Gasteiger partial charge in [0.25, 0.3) is 0 Å². The van der Waals surface area contributed by atoms with Gasteiger partial charge in [-0.1, -0.05) is 12.1 Å². The normalized spacial score (nSPS) is 10.8. The van der Waals surface area contributed by atoms with E-state index in [0.717, 1.165) is 21.9 Å². The Balaban J connectivity index is 1.85. The molecule has 0 saturated heterocycles. The average Bonchev–Trinajstić information content (AvgIpc) is 3.00. The first-order valence-corrected chi connectivity index (χ1v) is 6.67. The molecule has 0 aliphatic heterocycles. The molecule has 2 heterocycles.